The fourth-order valence-electron chi connectivity index (χ4n) is 7.47. The maximum Gasteiger partial charge on any atom is 0.220 e. The maximum atomic E-state index is 12.3. The molecule has 328 valence electrons. The van der Waals surface area contributed by atoms with Crippen LogP contribution in [0.3, 0.4) is 0 Å². The summed E-state index contributed by atoms with van der Waals surface area (Å²) in [6.07, 6.45) is 42.4. The van der Waals surface area contributed by atoms with Crippen LogP contribution in [0.25, 0.3) is 0 Å². The molecule has 0 aliphatic heterocycles. The summed E-state index contributed by atoms with van der Waals surface area (Å²) in [5.74, 6) is 2.15. The van der Waals surface area contributed by atoms with Gasteiger partial charge < -0.3 is 20.0 Å². The fraction of sp³-hybridized carbons (Fsp3) is 0.957. The molecule has 0 spiro atoms. The lowest BCUT2D eigenvalue weighted by atomic mass is 10.0. The molecule has 0 saturated carbocycles. The van der Waals surface area contributed by atoms with Gasteiger partial charge in [0.1, 0.15) is 0 Å². The summed E-state index contributed by atoms with van der Waals surface area (Å²) in [7, 11) is 10.4. The molecule has 0 aromatic heterocycles. The van der Waals surface area contributed by atoms with E-state index < -0.39 is 0 Å². The number of nitrogens with zero attached hydrogens (tertiary/aromatic N) is 2. The Kier molecular flexibility index (Phi) is 42.8. The summed E-state index contributed by atoms with van der Waals surface area (Å²) in [4.78, 5) is 27.0. The van der Waals surface area contributed by atoms with Crippen LogP contribution in [-0.4, -0.2) is 93.1 Å². The van der Waals surface area contributed by atoms with E-state index in [9.17, 15) is 9.59 Å². The van der Waals surface area contributed by atoms with Gasteiger partial charge in [0, 0.05) is 43.9 Å². The molecule has 2 amide bonds. The first-order chi connectivity index (χ1) is 26.8. The van der Waals surface area contributed by atoms with Crippen LogP contribution in [0.2, 0.25) is 0 Å². The predicted octanol–water partition coefficient (Wildman–Crippen LogP) is 13.1. The quantitative estimate of drug-likeness (QED) is 0.0364. The molecule has 8 heteroatoms. The van der Waals surface area contributed by atoms with Gasteiger partial charge in [0.05, 0.1) is 27.2 Å². The van der Waals surface area contributed by atoms with Crippen LogP contribution in [0, 0.1) is 0 Å². The first-order valence-electron chi connectivity index (χ1n) is 24.1. The minimum atomic E-state index is 0.171. The lowest BCUT2D eigenvalue weighted by molar-refractivity contribution is -0.890. The molecule has 0 aromatic rings. The van der Waals surface area contributed by atoms with Crippen LogP contribution < -0.4 is 10.6 Å². The number of amides is 2. The third kappa shape index (κ3) is 44.5. The zero-order chi connectivity index (χ0) is 40.3. The predicted molar refractivity (Wildman–Crippen MR) is 249 cm³/mol. The standard InChI is InChI=1S/C47H96N4O2S2/c1-6-8-10-12-14-16-18-20-22-24-26-28-30-32-40-50(3)41-34-36-46(52)48-38-44-54-55-45-39-49-47(53)37-35-43-51(4,5)42-33-31-29-27-25-23-21-19-17-15-13-11-9-7-2/h6-45H2,1-5H3,(H-,48,49,52,53)/p+1. The molecule has 0 heterocycles. The van der Waals surface area contributed by atoms with Crippen molar-refractivity contribution in [2.45, 2.75) is 219 Å². The van der Waals surface area contributed by atoms with Gasteiger partial charge in [-0.15, -0.1) is 0 Å². The van der Waals surface area contributed by atoms with Crippen molar-refractivity contribution in [3.8, 4) is 0 Å². The molecule has 0 fully saturated rings. The van der Waals surface area contributed by atoms with E-state index in [1.807, 2.05) is 0 Å². The number of carbonyl (C=O) groups excluding carboxylic acids is 2. The van der Waals surface area contributed by atoms with Gasteiger partial charge >= 0.3 is 0 Å². The second-order valence-corrected chi connectivity index (χ2v) is 20.1. The average molecular weight is 814 g/mol. The molecule has 0 bridgehead atoms. The van der Waals surface area contributed by atoms with E-state index >= 15 is 0 Å². The molecule has 6 nitrogen and oxygen atoms in total. The number of nitrogens with one attached hydrogen (secondary N) is 2. The largest absolute Gasteiger partial charge is 0.355 e. The highest BCUT2D eigenvalue weighted by atomic mass is 33.1. The summed E-state index contributed by atoms with van der Waals surface area (Å²) in [6.45, 7) is 10.4. The zero-order valence-electron chi connectivity index (χ0n) is 37.8. The summed E-state index contributed by atoms with van der Waals surface area (Å²) >= 11 is 0. The highest BCUT2D eigenvalue weighted by Gasteiger charge is 2.15. The van der Waals surface area contributed by atoms with E-state index in [1.54, 1.807) is 21.6 Å². The number of carbonyl (C=O) groups is 2. The summed E-state index contributed by atoms with van der Waals surface area (Å²) in [5.41, 5.74) is 0. The van der Waals surface area contributed by atoms with Gasteiger partial charge in [-0.25, -0.2) is 0 Å². The molecule has 0 aliphatic carbocycles. The van der Waals surface area contributed by atoms with Crippen LogP contribution >= 0.6 is 21.6 Å². The van der Waals surface area contributed by atoms with Crippen LogP contribution in [0.1, 0.15) is 219 Å². The maximum absolute atomic E-state index is 12.3. The highest BCUT2D eigenvalue weighted by molar-refractivity contribution is 8.76. The van der Waals surface area contributed by atoms with Crippen LogP contribution in [-0.2, 0) is 9.59 Å². The molecule has 0 radical (unpaired) electrons. The Labute approximate surface area is 352 Å². The van der Waals surface area contributed by atoms with E-state index in [-0.39, 0.29) is 11.8 Å². The molecular weight excluding hydrogens is 717 g/mol. The minimum absolute atomic E-state index is 0.171. The van der Waals surface area contributed by atoms with E-state index in [0.29, 0.717) is 25.9 Å². The Morgan fingerprint density at radius 1 is 0.436 bits per heavy atom. The number of hydrogen-bond acceptors (Lipinski definition) is 5. The van der Waals surface area contributed by atoms with Gasteiger partial charge in [-0.2, -0.15) is 0 Å². The molecule has 0 unspecified atom stereocenters. The van der Waals surface area contributed by atoms with Crippen molar-refractivity contribution in [2.75, 3.05) is 71.9 Å². The number of hydrogen-bond donors (Lipinski definition) is 2. The van der Waals surface area contributed by atoms with Crippen molar-refractivity contribution in [2.24, 2.45) is 0 Å². The van der Waals surface area contributed by atoms with E-state index in [0.717, 1.165) is 48.5 Å². The molecule has 0 aromatic carbocycles. The zero-order valence-corrected chi connectivity index (χ0v) is 39.4. The van der Waals surface area contributed by atoms with Gasteiger partial charge in [-0.1, -0.05) is 196 Å². The normalized spacial score (nSPS) is 11.8. The third-order valence-electron chi connectivity index (χ3n) is 11.2. The fourth-order valence-corrected chi connectivity index (χ4v) is 9.28. The SMILES string of the molecule is CCCCCCCCCCCCCCCCN(C)CCCC(=O)NCCSSCCNC(=O)CCC[N+](C)(C)CCCCCCCCCCCCCCCC. The van der Waals surface area contributed by atoms with Crippen molar-refractivity contribution < 1.29 is 14.1 Å². The lowest BCUT2D eigenvalue weighted by Crippen LogP contribution is -2.41. The molecule has 0 atom stereocenters. The second kappa shape index (κ2) is 43.1. The van der Waals surface area contributed by atoms with Crippen molar-refractivity contribution in [1.82, 2.24) is 15.5 Å². The molecule has 2 N–H and O–H groups in total. The van der Waals surface area contributed by atoms with Crippen molar-refractivity contribution >= 4 is 33.4 Å². The van der Waals surface area contributed by atoms with Gasteiger partial charge in [-0.3, -0.25) is 9.59 Å². The van der Waals surface area contributed by atoms with Crippen LogP contribution in [0.15, 0.2) is 0 Å². The summed E-state index contributed by atoms with van der Waals surface area (Å²) in [5, 5.41) is 6.16. The molecule has 0 saturated heterocycles. The number of rotatable bonds is 45. The smallest absolute Gasteiger partial charge is 0.220 e. The van der Waals surface area contributed by atoms with Crippen molar-refractivity contribution in [3.05, 3.63) is 0 Å². The van der Waals surface area contributed by atoms with Gasteiger partial charge in [0.2, 0.25) is 11.8 Å². The van der Waals surface area contributed by atoms with E-state index in [4.69, 9.17) is 0 Å². The van der Waals surface area contributed by atoms with Crippen LogP contribution in [0.5, 0.6) is 0 Å². The monoisotopic (exact) mass is 814 g/mol. The van der Waals surface area contributed by atoms with Crippen molar-refractivity contribution in [1.29, 1.82) is 0 Å². The summed E-state index contributed by atoms with van der Waals surface area (Å²) < 4.78 is 1.02. The average Bonchev–Trinajstić information content (AvgIpc) is 3.16. The number of quaternary nitrogens is 1. The highest BCUT2D eigenvalue weighted by Crippen LogP contribution is 2.19. The summed E-state index contributed by atoms with van der Waals surface area (Å²) in [6, 6.07) is 0. The minimum Gasteiger partial charge on any atom is -0.355 e. The Balaban J connectivity index is 3.47. The molecule has 0 aliphatic rings. The van der Waals surface area contributed by atoms with E-state index in [1.165, 1.54) is 186 Å². The second-order valence-electron chi connectivity index (χ2n) is 17.4. The Hall–Kier alpha value is -0.440. The van der Waals surface area contributed by atoms with E-state index in [2.05, 4.69) is 50.5 Å². The van der Waals surface area contributed by atoms with Gasteiger partial charge in [0.15, 0.2) is 0 Å². The van der Waals surface area contributed by atoms with Crippen LogP contribution in [0.4, 0.5) is 0 Å². The third-order valence-corrected chi connectivity index (χ3v) is 13.6. The van der Waals surface area contributed by atoms with Crippen molar-refractivity contribution in [3.63, 3.8) is 0 Å². The Bertz CT molecular complexity index is 816. The Morgan fingerprint density at radius 2 is 0.745 bits per heavy atom. The molecular formula is C47H97N4O2S2+. The topological polar surface area (TPSA) is 61.4 Å². The van der Waals surface area contributed by atoms with Gasteiger partial charge in [0.25, 0.3) is 0 Å². The first-order valence-corrected chi connectivity index (χ1v) is 26.6. The van der Waals surface area contributed by atoms with Gasteiger partial charge in [-0.05, 0) is 45.8 Å². The first kappa shape index (κ1) is 54.6. The Morgan fingerprint density at radius 3 is 1.15 bits per heavy atom. The number of unbranched alkanes of at least 4 members (excludes halogenated alkanes) is 26. The molecule has 0 rings (SSSR count). The lowest BCUT2D eigenvalue weighted by Gasteiger charge is -2.29. The molecule has 55 heavy (non-hydrogen) atoms.